The third-order valence-electron chi connectivity index (χ3n) is 6.05. The highest BCUT2D eigenvalue weighted by atomic mass is 32.2. The minimum Gasteiger partial charge on any atom is -0.356 e. The number of unbranched alkanes of at least 4 members (excludes halogenated alkanes) is 3. The third-order valence-corrected chi connectivity index (χ3v) is 8.22. The summed E-state index contributed by atoms with van der Waals surface area (Å²) in [6.45, 7) is 11.4. The van der Waals surface area contributed by atoms with Crippen LogP contribution < -0.4 is 5.32 Å². The fraction of sp³-hybridized carbons (Fsp3) is 0.682. The van der Waals surface area contributed by atoms with E-state index in [0.717, 1.165) is 41.6 Å². The third kappa shape index (κ3) is 5.15. The first kappa shape index (κ1) is 22.9. The summed E-state index contributed by atoms with van der Waals surface area (Å²) >= 11 is 0. The van der Waals surface area contributed by atoms with Crippen molar-refractivity contribution in [3.63, 3.8) is 0 Å². The predicted molar refractivity (Wildman–Crippen MR) is 114 cm³/mol. The number of carbonyl (C=O) groups excluding carboxylic acids is 1. The molecular formula is C22H36N2O3S. The number of sulfonamides is 1. The fourth-order valence-corrected chi connectivity index (χ4v) is 6.01. The van der Waals surface area contributed by atoms with E-state index in [9.17, 15) is 13.2 Å². The summed E-state index contributed by atoms with van der Waals surface area (Å²) in [5.41, 5.74) is 3.66. The molecule has 0 aromatic heterocycles. The SMILES string of the molecule is CCCCCCNC(=O)C1CCN(S(=O)(=O)c2c(C)c(C)cc(C)c2C)CC1. The summed E-state index contributed by atoms with van der Waals surface area (Å²) in [5, 5.41) is 3.02. The van der Waals surface area contributed by atoms with Crippen molar-refractivity contribution in [1.29, 1.82) is 0 Å². The Bertz CT molecular complexity index is 768. The normalized spacial score (nSPS) is 16.3. The zero-order valence-electron chi connectivity index (χ0n) is 18.1. The highest BCUT2D eigenvalue weighted by molar-refractivity contribution is 7.89. The van der Waals surface area contributed by atoms with Crippen LogP contribution in [0.1, 0.15) is 67.7 Å². The Morgan fingerprint density at radius 1 is 1.04 bits per heavy atom. The number of hydrogen-bond donors (Lipinski definition) is 1. The Labute approximate surface area is 170 Å². The van der Waals surface area contributed by atoms with Gasteiger partial charge in [0.25, 0.3) is 0 Å². The molecular weight excluding hydrogens is 372 g/mol. The quantitative estimate of drug-likeness (QED) is 0.661. The molecule has 0 bridgehead atoms. The molecule has 158 valence electrons. The standard InChI is InChI=1S/C22H36N2O3S/c1-6-7-8-9-12-23-22(25)20-10-13-24(14-11-20)28(26,27)21-18(4)16(2)15-17(3)19(21)5/h15,20H,6-14H2,1-5H3,(H,23,25). The summed E-state index contributed by atoms with van der Waals surface area (Å²) in [4.78, 5) is 12.8. The summed E-state index contributed by atoms with van der Waals surface area (Å²) in [5.74, 6) is -0.00799. The number of carbonyl (C=O) groups is 1. The number of aryl methyl sites for hydroxylation is 2. The first-order valence-electron chi connectivity index (χ1n) is 10.5. The fourth-order valence-electron chi connectivity index (χ4n) is 3.96. The maximum atomic E-state index is 13.3. The van der Waals surface area contributed by atoms with Crippen LogP contribution in [0.3, 0.4) is 0 Å². The molecule has 1 N–H and O–H groups in total. The van der Waals surface area contributed by atoms with Crippen LogP contribution in [0, 0.1) is 33.6 Å². The van der Waals surface area contributed by atoms with Gasteiger partial charge in [-0.2, -0.15) is 4.31 Å². The second kappa shape index (κ2) is 9.88. The van der Waals surface area contributed by atoms with E-state index in [4.69, 9.17) is 0 Å². The van der Waals surface area contributed by atoms with Crippen LogP contribution in [0.25, 0.3) is 0 Å². The van der Waals surface area contributed by atoms with E-state index >= 15 is 0 Å². The van der Waals surface area contributed by atoms with Gasteiger partial charge in [-0.15, -0.1) is 0 Å². The molecule has 1 amide bonds. The van der Waals surface area contributed by atoms with Crippen molar-refractivity contribution in [2.75, 3.05) is 19.6 Å². The molecule has 1 aromatic rings. The average Bonchev–Trinajstić information content (AvgIpc) is 2.66. The molecule has 1 heterocycles. The summed E-state index contributed by atoms with van der Waals surface area (Å²) < 4.78 is 28.2. The van der Waals surface area contributed by atoms with Crippen LogP contribution in [0.4, 0.5) is 0 Å². The van der Waals surface area contributed by atoms with Gasteiger partial charge in [-0.3, -0.25) is 4.79 Å². The lowest BCUT2D eigenvalue weighted by molar-refractivity contribution is -0.126. The van der Waals surface area contributed by atoms with Crippen molar-refractivity contribution in [3.05, 3.63) is 28.3 Å². The van der Waals surface area contributed by atoms with Crippen molar-refractivity contribution in [2.24, 2.45) is 5.92 Å². The van der Waals surface area contributed by atoms with Gasteiger partial charge in [0.1, 0.15) is 0 Å². The molecule has 28 heavy (non-hydrogen) atoms. The lowest BCUT2D eigenvalue weighted by Gasteiger charge is -2.31. The van der Waals surface area contributed by atoms with Crippen molar-refractivity contribution in [3.8, 4) is 0 Å². The Morgan fingerprint density at radius 3 is 2.14 bits per heavy atom. The van der Waals surface area contributed by atoms with Gasteiger partial charge in [-0.1, -0.05) is 32.3 Å². The molecule has 1 aromatic carbocycles. The van der Waals surface area contributed by atoms with Gasteiger partial charge >= 0.3 is 0 Å². The van der Waals surface area contributed by atoms with Crippen LogP contribution in [0.5, 0.6) is 0 Å². The zero-order chi connectivity index (χ0) is 20.9. The van der Waals surface area contributed by atoms with E-state index in [1.165, 1.54) is 12.8 Å². The molecule has 1 saturated heterocycles. The van der Waals surface area contributed by atoms with E-state index in [-0.39, 0.29) is 11.8 Å². The molecule has 1 aliphatic heterocycles. The Morgan fingerprint density at radius 2 is 1.61 bits per heavy atom. The molecule has 0 aliphatic carbocycles. The summed E-state index contributed by atoms with van der Waals surface area (Å²) in [7, 11) is -3.54. The summed E-state index contributed by atoms with van der Waals surface area (Å²) in [6.07, 6.45) is 5.70. The number of rotatable bonds is 8. The van der Waals surface area contributed by atoms with E-state index in [1.54, 1.807) is 4.31 Å². The molecule has 1 aliphatic rings. The smallest absolute Gasteiger partial charge is 0.243 e. The Kier molecular flexibility index (Phi) is 8.07. The van der Waals surface area contributed by atoms with E-state index < -0.39 is 10.0 Å². The van der Waals surface area contributed by atoms with Gasteiger partial charge in [0, 0.05) is 25.6 Å². The average molecular weight is 409 g/mol. The van der Waals surface area contributed by atoms with E-state index in [0.29, 0.717) is 30.8 Å². The van der Waals surface area contributed by atoms with Crippen LogP contribution >= 0.6 is 0 Å². The Balaban J connectivity index is 2.00. The first-order valence-corrected chi connectivity index (χ1v) is 12.0. The van der Waals surface area contributed by atoms with Crippen LogP contribution in [-0.4, -0.2) is 38.3 Å². The van der Waals surface area contributed by atoms with Crippen molar-refractivity contribution < 1.29 is 13.2 Å². The monoisotopic (exact) mass is 408 g/mol. The zero-order valence-corrected chi connectivity index (χ0v) is 18.9. The van der Waals surface area contributed by atoms with Crippen molar-refractivity contribution >= 4 is 15.9 Å². The maximum Gasteiger partial charge on any atom is 0.243 e. The number of benzene rings is 1. The van der Waals surface area contributed by atoms with Crippen LogP contribution in [-0.2, 0) is 14.8 Å². The predicted octanol–water partition coefficient (Wildman–Crippen LogP) is 4.02. The molecule has 6 heteroatoms. The van der Waals surface area contributed by atoms with Crippen molar-refractivity contribution in [1.82, 2.24) is 9.62 Å². The Hall–Kier alpha value is -1.40. The summed E-state index contributed by atoms with van der Waals surface area (Å²) in [6, 6.07) is 2.04. The topological polar surface area (TPSA) is 66.5 Å². The maximum absolute atomic E-state index is 13.3. The van der Waals surface area contributed by atoms with Gasteiger partial charge in [0.2, 0.25) is 15.9 Å². The molecule has 0 atom stereocenters. The van der Waals surface area contributed by atoms with Gasteiger partial charge in [0.15, 0.2) is 0 Å². The number of nitrogens with zero attached hydrogens (tertiary/aromatic N) is 1. The molecule has 5 nitrogen and oxygen atoms in total. The largest absolute Gasteiger partial charge is 0.356 e. The lowest BCUT2D eigenvalue weighted by atomic mass is 9.97. The molecule has 1 fully saturated rings. The first-order chi connectivity index (χ1) is 13.2. The second-order valence-electron chi connectivity index (χ2n) is 8.12. The van der Waals surface area contributed by atoms with Gasteiger partial charge < -0.3 is 5.32 Å². The van der Waals surface area contributed by atoms with E-state index in [2.05, 4.69) is 12.2 Å². The van der Waals surface area contributed by atoms with Crippen molar-refractivity contribution in [2.45, 2.75) is 78.0 Å². The van der Waals surface area contributed by atoms with Gasteiger partial charge in [-0.25, -0.2) is 8.42 Å². The van der Waals surface area contributed by atoms with Gasteiger partial charge in [0.05, 0.1) is 4.90 Å². The number of piperidine rings is 1. The minimum atomic E-state index is -3.54. The lowest BCUT2D eigenvalue weighted by Crippen LogP contribution is -2.43. The number of nitrogens with one attached hydrogen (secondary N) is 1. The molecule has 0 radical (unpaired) electrons. The highest BCUT2D eigenvalue weighted by Gasteiger charge is 2.34. The van der Waals surface area contributed by atoms with E-state index in [1.807, 2.05) is 33.8 Å². The minimum absolute atomic E-state index is 0.0762. The number of amides is 1. The van der Waals surface area contributed by atoms with Crippen LogP contribution in [0.2, 0.25) is 0 Å². The molecule has 0 saturated carbocycles. The highest BCUT2D eigenvalue weighted by Crippen LogP contribution is 2.31. The molecule has 2 rings (SSSR count). The van der Waals surface area contributed by atoms with Gasteiger partial charge in [-0.05, 0) is 69.2 Å². The molecule has 0 spiro atoms. The van der Waals surface area contributed by atoms with Crippen LogP contribution in [0.15, 0.2) is 11.0 Å². The number of hydrogen-bond acceptors (Lipinski definition) is 3. The molecule has 0 unspecified atom stereocenters. The second-order valence-corrected chi connectivity index (χ2v) is 9.99.